The highest BCUT2D eigenvalue weighted by Gasteiger charge is 2.24. The predicted octanol–water partition coefficient (Wildman–Crippen LogP) is 5.55. The van der Waals surface area contributed by atoms with Crippen LogP contribution in [0.5, 0.6) is 0 Å². The first-order chi connectivity index (χ1) is 19.0. The lowest BCUT2D eigenvalue weighted by Crippen LogP contribution is -2.33. The maximum Gasteiger partial charge on any atom is 0.241 e. The van der Waals surface area contributed by atoms with Gasteiger partial charge in [-0.25, -0.2) is 13.1 Å². The molecule has 4 aromatic rings. The number of amides is 1. The molecule has 0 bridgehead atoms. The number of rotatable bonds is 10. The standard InChI is InChI=1S/C32H35N3O3S/c36-32(33-23-25-13-15-26(16-14-25)24-35-19-7-2-8-20-35)22-31(28-10-3-1-4-11-28)34-39(37,38)30-18-17-27-9-5-6-12-29(27)21-30/h1,3-6,9-18,21,31,34H,2,7-8,19-20,22-24H2,(H,33,36)/t31-/m1/s1. The zero-order valence-electron chi connectivity index (χ0n) is 22.1. The second-order valence-corrected chi connectivity index (χ2v) is 11.9. The molecule has 4 aromatic carbocycles. The molecule has 1 fully saturated rings. The zero-order valence-corrected chi connectivity index (χ0v) is 22.9. The number of benzene rings is 4. The highest BCUT2D eigenvalue weighted by atomic mass is 32.2. The van der Waals surface area contributed by atoms with Gasteiger partial charge in [0, 0.05) is 19.5 Å². The van der Waals surface area contributed by atoms with Gasteiger partial charge in [0.15, 0.2) is 0 Å². The number of fused-ring (bicyclic) bond motifs is 1. The van der Waals surface area contributed by atoms with Gasteiger partial charge in [-0.3, -0.25) is 9.69 Å². The average Bonchev–Trinajstić information content (AvgIpc) is 2.97. The molecule has 1 aliphatic rings. The van der Waals surface area contributed by atoms with Crippen molar-refractivity contribution in [1.82, 2.24) is 14.9 Å². The van der Waals surface area contributed by atoms with Crippen LogP contribution in [0.3, 0.4) is 0 Å². The second kappa shape index (κ2) is 12.6. The van der Waals surface area contributed by atoms with E-state index in [0.717, 1.165) is 41.5 Å². The van der Waals surface area contributed by atoms with Crippen molar-refractivity contribution in [2.24, 2.45) is 0 Å². The van der Waals surface area contributed by atoms with Crippen LogP contribution in [0.15, 0.2) is 102 Å². The molecule has 1 amide bonds. The van der Waals surface area contributed by atoms with E-state index in [1.54, 1.807) is 18.2 Å². The van der Waals surface area contributed by atoms with Gasteiger partial charge < -0.3 is 5.32 Å². The van der Waals surface area contributed by atoms with E-state index in [4.69, 9.17) is 0 Å². The molecule has 0 saturated carbocycles. The van der Waals surface area contributed by atoms with Crippen molar-refractivity contribution in [3.63, 3.8) is 0 Å². The molecule has 5 rings (SSSR count). The van der Waals surface area contributed by atoms with Crippen LogP contribution in [-0.2, 0) is 27.9 Å². The van der Waals surface area contributed by atoms with Crippen LogP contribution < -0.4 is 10.0 Å². The SMILES string of the molecule is O=C(C[C@@H](NS(=O)(=O)c1ccc2ccccc2c1)c1ccccc1)NCc1ccc(CN2CCCCC2)cc1. The largest absolute Gasteiger partial charge is 0.352 e. The number of likely N-dealkylation sites (tertiary alicyclic amines) is 1. The summed E-state index contributed by atoms with van der Waals surface area (Å²) in [5.74, 6) is -0.220. The van der Waals surface area contributed by atoms with Crippen molar-refractivity contribution in [2.75, 3.05) is 13.1 Å². The van der Waals surface area contributed by atoms with Crippen LogP contribution in [0.2, 0.25) is 0 Å². The molecule has 39 heavy (non-hydrogen) atoms. The second-order valence-electron chi connectivity index (χ2n) is 10.2. The molecule has 1 saturated heterocycles. The molecule has 1 atom stereocenters. The maximum absolute atomic E-state index is 13.3. The van der Waals surface area contributed by atoms with Gasteiger partial charge in [-0.1, -0.05) is 91.3 Å². The summed E-state index contributed by atoms with van der Waals surface area (Å²) in [6.45, 7) is 3.67. The topological polar surface area (TPSA) is 78.5 Å². The Hall–Kier alpha value is -3.52. The first-order valence-corrected chi connectivity index (χ1v) is 15.1. The zero-order chi connectivity index (χ0) is 27.1. The molecule has 0 unspecified atom stereocenters. The van der Waals surface area contributed by atoms with Gasteiger partial charge in [-0.05, 0) is 65.5 Å². The van der Waals surface area contributed by atoms with E-state index >= 15 is 0 Å². The molecule has 2 N–H and O–H groups in total. The third-order valence-corrected chi connectivity index (χ3v) is 8.76. The van der Waals surface area contributed by atoms with Crippen molar-refractivity contribution in [1.29, 1.82) is 0 Å². The number of nitrogens with zero attached hydrogens (tertiary/aromatic N) is 1. The highest BCUT2D eigenvalue weighted by Crippen LogP contribution is 2.23. The summed E-state index contributed by atoms with van der Waals surface area (Å²) < 4.78 is 29.5. The van der Waals surface area contributed by atoms with Gasteiger partial charge in [-0.15, -0.1) is 0 Å². The lowest BCUT2D eigenvalue weighted by atomic mass is 10.0. The Bertz CT molecular complexity index is 1500. The van der Waals surface area contributed by atoms with Crippen molar-refractivity contribution in [2.45, 2.75) is 49.7 Å². The Morgan fingerprint density at radius 2 is 1.44 bits per heavy atom. The molecule has 0 aromatic heterocycles. The summed E-state index contributed by atoms with van der Waals surface area (Å²) in [6.07, 6.45) is 3.86. The third kappa shape index (κ3) is 7.32. The van der Waals surface area contributed by atoms with Gasteiger partial charge in [0.25, 0.3) is 0 Å². The van der Waals surface area contributed by atoms with Crippen molar-refractivity contribution < 1.29 is 13.2 Å². The van der Waals surface area contributed by atoms with Crippen molar-refractivity contribution in [3.05, 3.63) is 114 Å². The lowest BCUT2D eigenvalue weighted by molar-refractivity contribution is -0.121. The molecule has 6 nitrogen and oxygen atoms in total. The maximum atomic E-state index is 13.3. The molecule has 1 aliphatic heterocycles. The Kier molecular flexibility index (Phi) is 8.71. The number of carbonyl (C=O) groups excluding carboxylic acids is 1. The van der Waals surface area contributed by atoms with Gasteiger partial charge in [0.05, 0.1) is 10.9 Å². The number of piperidine rings is 1. The Morgan fingerprint density at radius 3 is 2.18 bits per heavy atom. The smallest absolute Gasteiger partial charge is 0.241 e. The fraction of sp³-hybridized carbons (Fsp3) is 0.281. The number of sulfonamides is 1. The Labute approximate surface area is 231 Å². The summed E-state index contributed by atoms with van der Waals surface area (Å²) in [5, 5.41) is 4.78. The average molecular weight is 542 g/mol. The van der Waals surface area contributed by atoms with Crippen LogP contribution in [0, 0.1) is 0 Å². The van der Waals surface area contributed by atoms with E-state index in [9.17, 15) is 13.2 Å². The normalized spacial score (nSPS) is 15.2. The molecule has 7 heteroatoms. The van der Waals surface area contributed by atoms with Gasteiger partial charge in [-0.2, -0.15) is 0 Å². The van der Waals surface area contributed by atoms with Crippen molar-refractivity contribution in [3.8, 4) is 0 Å². The van der Waals surface area contributed by atoms with Crippen molar-refractivity contribution >= 4 is 26.7 Å². The van der Waals surface area contributed by atoms with Gasteiger partial charge in [0.2, 0.25) is 15.9 Å². The molecule has 0 spiro atoms. The Balaban J connectivity index is 1.23. The quantitative estimate of drug-likeness (QED) is 0.276. The van der Waals surface area contributed by atoms with E-state index < -0.39 is 16.1 Å². The summed E-state index contributed by atoms with van der Waals surface area (Å²) in [4.78, 5) is 15.6. The first kappa shape index (κ1) is 27.1. The molecule has 202 valence electrons. The van der Waals surface area contributed by atoms with Crippen LogP contribution in [0.4, 0.5) is 0 Å². The fourth-order valence-electron chi connectivity index (χ4n) is 5.10. The van der Waals surface area contributed by atoms with Gasteiger partial charge in [0.1, 0.15) is 0 Å². The fourth-order valence-corrected chi connectivity index (χ4v) is 6.36. The van der Waals surface area contributed by atoms with E-state index in [2.05, 4.69) is 39.2 Å². The van der Waals surface area contributed by atoms with Crippen LogP contribution >= 0.6 is 0 Å². The van der Waals surface area contributed by atoms with Gasteiger partial charge >= 0.3 is 0 Å². The van der Waals surface area contributed by atoms with Crippen LogP contribution in [0.1, 0.15) is 48.4 Å². The summed E-state index contributed by atoms with van der Waals surface area (Å²) in [7, 11) is -3.86. The minimum atomic E-state index is -3.86. The molecule has 0 radical (unpaired) electrons. The van der Waals surface area contributed by atoms with E-state index in [1.165, 1.54) is 24.8 Å². The molecule has 1 heterocycles. The summed E-state index contributed by atoms with van der Waals surface area (Å²) in [6, 6.07) is 29.6. The summed E-state index contributed by atoms with van der Waals surface area (Å²) >= 11 is 0. The number of hydrogen-bond donors (Lipinski definition) is 2. The molecular weight excluding hydrogens is 506 g/mol. The van der Waals surface area contributed by atoms with Crippen LogP contribution in [-0.4, -0.2) is 32.3 Å². The van der Waals surface area contributed by atoms with E-state index in [-0.39, 0.29) is 17.2 Å². The van der Waals surface area contributed by atoms with E-state index in [0.29, 0.717) is 6.54 Å². The lowest BCUT2D eigenvalue weighted by Gasteiger charge is -2.26. The summed E-state index contributed by atoms with van der Waals surface area (Å²) in [5.41, 5.74) is 3.03. The first-order valence-electron chi connectivity index (χ1n) is 13.6. The monoisotopic (exact) mass is 541 g/mol. The van der Waals surface area contributed by atoms with E-state index in [1.807, 2.05) is 54.6 Å². The predicted molar refractivity (Wildman–Crippen MR) is 155 cm³/mol. The highest BCUT2D eigenvalue weighted by molar-refractivity contribution is 7.89. The molecular formula is C32H35N3O3S. The third-order valence-electron chi connectivity index (χ3n) is 7.29. The molecule has 0 aliphatic carbocycles. The number of carbonyl (C=O) groups is 1. The number of nitrogens with one attached hydrogen (secondary N) is 2. The number of hydrogen-bond acceptors (Lipinski definition) is 4. The minimum absolute atomic E-state index is 0.0101. The Morgan fingerprint density at radius 1 is 0.769 bits per heavy atom. The minimum Gasteiger partial charge on any atom is -0.352 e. The van der Waals surface area contributed by atoms with Crippen LogP contribution in [0.25, 0.3) is 10.8 Å².